The minimum absolute atomic E-state index is 0.246. The second kappa shape index (κ2) is 3.63. The molecule has 15 heavy (non-hydrogen) atoms. The molecule has 0 bridgehead atoms. The average molecular weight is 238 g/mol. The lowest BCUT2D eigenvalue weighted by atomic mass is 10.1. The van der Waals surface area contributed by atoms with E-state index in [0.717, 1.165) is 0 Å². The Labute approximate surface area is 96.5 Å². The highest BCUT2D eigenvalue weighted by molar-refractivity contribution is 8.11. The van der Waals surface area contributed by atoms with Gasteiger partial charge in [-0.1, -0.05) is 18.3 Å². The van der Waals surface area contributed by atoms with E-state index in [-0.39, 0.29) is 10.2 Å². The van der Waals surface area contributed by atoms with Gasteiger partial charge in [0.1, 0.15) is 4.32 Å². The van der Waals surface area contributed by atoms with E-state index in [1.54, 1.807) is 18.2 Å². The Morgan fingerprint density at radius 1 is 1.33 bits per heavy atom. The van der Waals surface area contributed by atoms with Crippen LogP contribution in [0.5, 0.6) is 0 Å². The van der Waals surface area contributed by atoms with Crippen LogP contribution in [-0.2, 0) is 0 Å². The SMILES string of the molecule is O=C1NC(=O)c2c(NC(=S)S)cccc21. The largest absolute Gasteiger partial charge is 0.341 e. The lowest BCUT2D eigenvalue weighted by Crippen LogP contribution is -2.20. The Bertz CT molecular complexity index is 485. The van der Waals surface area contributed by atoms with Crippen molar-refractivity contribution in [3.8, 4) is 0 Å². The lowest BCUT2D eigenvalue weighted by Gasteiger charge is -2.06. The van der Waals surface area contributed by atoms with Crippen molar-refractivity contribution in [2.24, 2.45) is 0 Å². The van der Waals surface area contributed by atoms with Gasteiger partial charge >= 0.3 is 0 Å². The summed E-state index contributed by atoms with van der Waals surface area (Å²) in [6, 6.07) is 4.92. The van der Waals surface area contributed by atoms with Gasteiger partial charge in [-0.15, -0.1) is 12.6 Å². The normalized spacial score (nSPS) is 13.4. The molecule has 4 nitrogen and oxygen atoms in total. The van der Waals surface area contributed by atoms with Gasteiger partial charge in [0.15, 0.2) is 0 Å². The summed E-state index contributed by atoms with van der Waals surface area (Å²) in [5.74, 6) is -0.800. The Balaban J connectivity index is 2.55. The summed E-state index contributed by atoms with van der Waals surface area (Å²) in [7, 11) is 0. The van der Waals surface area contributed by atoms with Crippen molar-refractivity contribution in [3.05, 3.63) is 29.3 Å². The molecule has 2 N–H and O–H groups in total. The number of thiocarbonyl (C=S) groups is 1. The number of hydrogen-bond acceptors (Lipinski definition) is 3. The predicted molar refractivity (Wildman–Crippen MR) is 63.4 cm³/mol. The molecule has 0 unspecified atom stereocenters. The number of carbonyl (C=O) groups excluding carboxylic acids is 2. The van der Waals surface area contributed by atoms with Gasteiger partial charge in [-0.25, -0.2) is 0 Å². The van der Waals surface area contributed by atoms with E-state index in [2.05, 4.69) is 23.3 Å². The Kier molecular flexibility index (Phi) is 2.45. The first-order valence-corrected chi connectivity index (χ1v) is 4.94. The van der Waals surface area contributed by atoms with Crippen molar-refractivity contribution in [2.45, 2.75) is 0 Å². The summed E-state index contributed by atoms with van der Waals surface area (Å²) in [6.07, 6.45) is 0. The molecule has 0 saturated carbocycles. The molecule has 2 rings (SSSR count). The van der Waals surface area contributed by atoms with Crippen LogP contribution in [0.15, 0.2) is 18.2 Å². The number of nitrogens with one attached hydrogen (secondary N) is 2. The van der Waals surface area contributed by atoms with Crippen molar-refractivity contribution in [1.82, 2.24) is 5.32 Å². The first-order chi connectivity index (χ1) is 7.09. The van der Waals surface area contributed by atoms with Gasteiger partial charge in [-0.3, -0.25) is 14.9 Å². The summed E-state index contributed by atoms with van der Waals surface area (Å²) in [4.78, 5) is 22.7. The molecule has 0 aromatic heterocycles. The summed E-state index contributed by atoms with van der Waals surface area (Å²) >= 11 is 8.66. The van der Waals surface area contributed by atoms with Crippen molar-refractivity contribution >= 4 is 46.7 Å². The van der Waals surface area contributed by atoms with Gasteiger partial charge in [-0.05, 0) is 12.1 Å². The molecule has 1 heterocycles. The minimum atomic E-state index is -0.414. The molecular formula is C9H6N2O2S2. The summed E-state index contributed by atoms with van der Waals surface area (Å²) in [6.45, 7) is 0. The Hall–Kier alpha value is -1.40. The standard InChI is InChI=1S/C9H6N2O2S2/c12-7-4-2-1-3-5(10-9(14)15)6(4)8(13)11-7/h1-3H,(H2,10,14,15)(H,11,12,13). The van der Waals surface area contributed by atoms with E-state index in [9.17, 15) is 9.59 Å². The number of carbonyl (C=O) groups is 2. The van der Waals surface area contributed by atoms with Gasteiger partial charge in [0.2, 0.25) is 0 Å². The number of thiol groups is 1. The fraction of sp³-hybridized carbons (Fsp3) is 0. The molecular weight excluding hydrogens is 232 g/mol. The van der Waals surface area contributed by atoms with Crippen molar-refractivity contribution in [2.75, 3.05) is 5.32 Å². The zero-order chi connectivity index (χ0) is 11.0. The topological polar surface area (TPSA) is 58.2 Å². The van der Waals surface area contributed by atoms with E-state index < -0.39 is 5.91 Å². The van der Waals surface area contributed by atoms with Crippen LogP contribution >= 0.6 is 24.8 Å². The third-order valence-electron chi connectivity index (χ3n) is 2.00. The minimum Gasteiger partial charge on any atom is -0.341 e. The zero-order valence-electron chi connectivity index (χ0n) is 7.40. The van der Waals surface area contributed by atoms with Crippen LogP contribution in [0.3, 0.4) is 0 Å². The molecule has 0 fully saturated rings. The van der Waals surface area contributed by atoms with E-state index >= 15 is 0 Å². The Morgan fingerprint density at radius 3 is 2.73 bits per heavy atom. The second-order valence-corrected chi connectivity index (χ2v) is 4.10. The predicted octanol–water partition coefficient (Wildman–Crippen LogP) is 1.20. The van der Waals surface area contributed by atoms with E-state index in [4.69, 9.17) is 12.2 Å². The van der Waals surface area contributed by atoms with Crippen molar-refractivity contribution in [3.63, 3.8) is 0 Å². The van der Waals surface area contributed by atoms with Gasteiger partial charge in [-0.2, -0.15) is 0 Å². The van der Waals surface area contributed by atoms with Crippen LogP contribution in [-0.4, -0.2) is 16.1 Å². The van der Waals surface area contributed by atoms with Crippen molar-refractivity contribution in [1.29, 1.82) is 0 Å². The quantitative estimate of drug-likeness (QED) is 0.391. The summed E-state index contributed by atoms with van der Waals surface area (Å²) in [5, 5.41) is 4.95. The first-order valence-electron chi connectivity index (χ1n) is 4.08. The van der Waals surface area contributed by atoms with Crippen LogP contribution < -0.4 is 10.6 Å². The maximum absolute atomic E-state index is 11.4. The Morgan fingerprint density at radius 2 is 2.07 bits per heavy atom. The number of anilines is 1. The van der Waals surface area contributed by atoms with E-state index in [0.29, 0.717) is 16.8 Å². The first kappa shape index (κ1) is 10.1. The van der Waals surface area contributed by atoms with Crippen LogP contribution in [0.1, 0.15) is 20.7 Å². The summed E-state index contributed by atoms with van der Waals surface area (Å²) in [5.41, 5.74) is 1.17. The van der Waals surface area contributed by atoms with Crippen LogP contribution in [0, 0.1) is 0 Å². The fourth-order valence-corrected chi connectivity index (χ4v) is 1.67. The molecule has 76 valence electrons. The average Bonchev–Trinajstić information content (AvgIpc) is 2.43. The highest BCUT2D eigenvalue weighted by atomic mass is 32.1. The second-order valence-electron chi connectivity index (χ2n) is 2.94. The summed E-state index contributed by atoms with van der Waals surface area (Å²) < 4.78 is 0.246. The number of fused-ring (bicyclic) bond motifs is 1. The molecule has 1 aromatic carbocycles. The lowest BCUT2D eigenvalue weighted by molar-refractivity contribution is 0.0880. The third kappa shape index (κ3) is 1.73. The van der Waals surface area contributed by atoms with Gasteiger partial charge in [0, 0.05) is 0 Å². The molecule has 6 heteroatoms. The highest BCUT2D eigenvalue weighted by Crippen LogP contribution is 2.24. The smallest absolute Gasteiger partial charge is 0.261 e. The van der Waals surface area contributed by atoms with Crippen LogP contribution in [0.4, 0.5) is 5.69 Å². The molecule has 0 aliphatic carbocycles. The number of hydrogen-bond donors (Lipinski definition) is 3. The molecule has 1 aliphatic rings. The maximum atomic E-state index is 11.4. The van der Waals surface area contributed by atoms with Gasteiger partial charge in [0.25, 0.3) is 11.8 Å². The van der Waals surface area contributed by atoms with Crippen LogP contribution in [0.25, 0.3) is 0 Å². The molecule has 0 spiro atoms. The molecule has 1 aliphatic heterocycles. The monoisotopic (exact) mass is 238 g/mol. The molecule has 1 aromatic rings. The molecule has 0 saturated heterocycles. The highest BCUT2D eigenvalue weighted by Gasteiger charge is 2.29. The number of rotatable bonds is 1. The zero-order valence-corrected chi connectivity index (χ0v) is 9.11. The third-order valence-corrected chi connectivity index (χ3v) is 2.22. The van der Waals surface area contributed by atoms with Crippen molar-refractivity contribution < 1.29 is 9.59 Å². The van der Waals surface area contributed by atoms with Gasteiger partial charge < -0.3 is 5.32 Å². The fourth-order valence-electron chi connectivity index (χ4n) is 1.44. The van der Waals surface area contributed by atoms with Crippen LogP contribution in [0.2, 0.25) is 0 Å². The number of imide groups is 1. The van der Waals surface area contributed by atoms with E-state index in [1.165, 1.54) is 0 Å². The number of amides is 2. The molecule has 0 atom stereocenters. The maximum Gasteiger partial charge on any atom is 0.261 e. The van der Waals surface area contributed by atoms with E-state index in [1.807, 2.05) is 0 Å². The van der Waals surface area contributed by atoms with Gasteiger partial charge in [0.05, 0.1) is 16.8 Å². The number of benzene rings is 1. The molecule has 0 radical (unpaired) electrons. The molecule has 2 amide bonds.